The van der Waals surface area contributed by atoms with Gasteiger partial charge in [0.25, 0.3) is 15.9 Å². The molecule has 0 saturated carbocycles. The number of hydrogen-bond donors (Lipinski definition) is 1. The number of para-hydroxylation sites is 1. The van der Waals surface area contributed by atoms with Crippen molar-refractivity contribution in [1.29, 1.82) is 0 Å². The van der Waals surface area contributed by atoms with Gasteiger partial charge in [-0.2, -0.15) is 0 Å². The molecule has 0 atom stereocenters. The van der Waals surface area contributed by atoms with E-state index in [0.29, 0.717) is 22.9 Å². The molecule has 4 rings (SSSR count). The van der Waals surface area contributed by atoms with Gasteiger partial charge in [0.2, 0.25) is 0 Å². The van der Waals surface area contributed by atoms with E-state index in [2.05, 4.69) is 5.32 Å². The maximum absolute atomic E-state index is 13.2. The summed E-state index contributed by atoms with van der Waals surface area (Å²) in [5, 5.41) is 2.78. The summed E-state index contributed by atoms with van der Waals surface area (Å²) in [6, 6.07) is 17.0. The van der Waals surface area contributed by atoms with Gasteiger partial charge in [0, 0.05) is 7.05 Å². The number of sulfonamides is 1. The summed E-state index contributed by atoms with van der Waals surface area (Å²) < 4.78 is 33.5. The fourth-order valence-corrected chi connectivity index (χ4v) is 4.55. The van der Waals surface area contributed by atoms with Gasteiger partial charge in [-0.25, -0.2) is 8.42 Å². The van der Waals surface area contributed by atoms with Gasteiger partial charge in [-0.3, -0.25) is 9.10 Å². The Morgan fingerprint density at radius 3 is 2.45 bits per heavy atom. The third kappa shape index (κ3) is 3.34. The average molecular weight is 408 g/mol. The van der Waals surface area contributed by atoms with Crippen LogP contribution in [-0.4, -0.2) is 21.4 Å². The number of rotatable bonds is 3. The Balaban J connectivity index is 1.76. The first-order chi connectivity index (χ1) is 13.8. The number of aryl methyl sites for hydroxylation is 2. The van der Waals surface area contributed by atoms with E-state index in [9.17, 15) is 13.2 Å². The van der Waals surface area contributed by atoms with Crippen molar-refractivity contribution < 1.29 is 17.9 Å². The number of nitrogens with zero attached hydrogens (tertiary/aromatic N) is 1. The Morgan fingerprint density at radius 2 is 1.69 bits per heavy atom. The van der Waals surface area contributed by atoms with Crippen molar-refractivity contribution in [2.45, 2.75) is 18.7 Å². The molecule has 0 unspecified atom stereocenters. The monoisotopic (exact) mass is 408 g/mol. The standard InChI is InChI=1S/C22H20N2O4S/c1-14-8-10-18-21(12-14)28-20-11-9-16(13-17(20)22(25)23-18)29(26,27)24(3)19-7-5-4-6-15(19)2/h4-13H,1-3H3,(H,23,25). The molecule has 0 saturated heterocycles. The quantitative estimate of drug-likeness (QED) is 0.693. The molecule has 0 aliphatic carbocycles. The van der Waals surface area contributed by atoms with Crippen LogP contribution in [-0.2, 0) is 10.0 Å². The zero-order valence-corrected chi connectivity index (χ0v) is 17.1. The van der Waals surface area contributed by atoms with Crippen molar-refractivity contribution in [3.8, 4) is 11.5 Å². The Bertz CT molecular complexity index is 1240. The second kappa shape index (κ2) is 6.93. The number of fused-ring (bicyclic) bond motifs is 2. The van der Waals surface area contributed by atoms with Crippen molar-refractivity contribution >= 4 is 27.3 Å². The number of hydrogen-bond acceptors (Lipinski definition) is 4. The van der Waals surface area contributed by atoms with Crippen molar-refractivity contribution in [3.63, 3.8) is 0 Å². The number of amides is 1. The molecule has 1 amide bonds. The normalized spacial score (nSPS) is 12.9. The molecule has 29 heavy (non-hydrogen) atoms. The zero-order valence-electron chi connectivity index (χ0n) is 16.3. The number of carbonyl (C=O) groups is 1. The lowest BCUT2D eigenvalue weighted by Crippen LogP contribution is -2.27. The van der Waals surface area contributed by atoms with E-state index >= 15 is 0 Å². The number of anilines is 2. The summed E-state index contributed by atoms with van der Waals surface area (Å²) in [7, 11) is -2.36. The first-order valence-corrected chi connectivity index (χ1v) is 10.5. The van der Waals surface area contributed by atoms with Crippen LogP contribution in [0.4, 0.5) is 11.4 Å². The predicted molar refractivity (Wildman–Crippen MR) is 112 cm³/mol. The second-order valence-corrected chi connectivity index (χ2v) is 8.94. The summed E-state index contributed by atoms with van der Waals surface area (Å²) >= 11 is 0. The molecule has 0 spiro atoms. The molecule has 1 aliphatic rings. The highest BCUT2D eigenvalue weighted by atomic mass is 32.2. The van der Waals surface area contributed by atoms with Gasteiger partial charge >= 0.3 is 0 Å². The van der Waals surface area contributed by atoms with E-state index in [1.165, 1.54) is 29.6 Å². The molecular formula is C22H20N2O4S. The molecule has 0 aromatic heterocycles. The van der Waals surface area contributed by atoms with Crippen LogP contribution in [0.5, 0.6) is 11.5 Å². The SMILES string of the molecule is Cc1ccc2c(c1)Oc1ccc(S(=O)(=O)N(C)c3ccccc3C)cc1C(=O)N2. The van der Waals surface area contributed by atoms with Crippen LogP contribution >= 0.6 is 0 Å². The highest BCUT2D eigenvalue weighted by molar-refractivity contribution is 7.92. The molecule has 0 radical (unpaired) electrons. The van der Waals surface area contributed by atoms with E-state index < -0.39 is 15.9 Å². The fraction of sp³-hybridized carbons (Fsp3) is 0.136. The number of nitrogens with one attached hydrogen (secondary N) is 1. The minimum atomic E-state index is -3.86. The van der Waals surface area contributed by atoms with Crippen LogP contribution in [0.1, 0.15) is 21.5 Å². The number of ether oxygens (including phenoxy) is 1. The van der Waals surface area contributed by atoms with Crippen molar-refractivity contribution in [2.24, 2.45) is 0 Å². The molecule has 1 N–H and O–H groups in total. The largest absolute Gasteiger partial charge is 0.454 e. The smallest absolute Gasteiger partial charge is 0.264 e. The van der Waals surface area contributed by atoms with E-state index in [1.54, 1.807) is 18.2 Å². The van der Waals surface area contributed by atoms with E-state index in [1.807, 2.05) is 38.1 Å². The van der Waals surface area contributed by atoms with E-state index in [0.717, 1.165) is 11.1 Å². The van der Waals surface area contributed by atoms with E-state index in [-0.39, 0.29) is 10.5 Å². The topological polar surface area (TPSA) is 75.7 Å². The third-order valence-electron chi connectivity index (χ3n) is 4.91. The molecule has 3 aromatic carbocycles. The van der Waals surface area contributed by atoms with Crippen LogP contribution in [0.2, 0.25) is 0 Å². The summed E-state index contributed by atoms with van der Waals surface area (Å²) in [5.74, 6) is 0.410. The van der Waals surface area contributed by atoms with Gasteiger partial charge in [-0.15, -0.1) is 0 Å². The van der Waals surface area contributed by atoms with Gasteiger partial charge in [0.15, 0.2) is 5.75 Å². The van der Waals surface area contributed by atoms with Gasteiger partial charge < -0.3 is 10.1 Å². The molecule has 7 heteroatoms. The molecule has 6 nitrogen and oxygen atoms in total. The van der Waals surface area contributed by atoms with Crippen LogP contribution in [0.15, 0.2) is 65.6 Å². The van der Waals surface area contributed by atoms with Crippen molar-refractivity contribution in [1.82, 2.24) is 0 Å². The Kier molecular flexibility index (Phi) is 4.55. The average Bonchev–Trinajstić information content (AvgIpc) is 2.83. The van der Waals surface area contributed by atoms with Crippen LogP contribution < -0.4 is 14.4 Å². The molecule has 1 aliphatic heterocycles. The number of benzene rings is 3. The Labute approximate surface area is 169 Å². The first-order valence-electron chi connectivity index (χ1n) is 9.06. The minimum absolute atomic E-state index is 0.0166. The van der Waals surface area contributed by atoms with Gasteiger partial charge in [0.05, 0.1) is 21.8 Å². The highest BCUT2D eigenvalue weighted by Crippen LogP contribution is 2.37. The lowest BCUT2D eigenvalue weighted by Gasteiger charge is -2.21. The zero-order chi connectivity index (χ0) is 20.8. The first kappa shape index (κ1) is 19.0. The fourth-order valence-electron chi connectivity index (χ4n) is 3.27. The van der Waals surface area contributed by atoms with Crippen LogP contribution in [0.3, 0.4) is 0 Å². The predicted octanol–water partition coefficient (Wildman–Crippen LogP) is 4.49. The summed E-state index contributed by atoms with van der Waals surface area (Å²) in [6.07, 6.45) is 0. The van der Waals surface area contributed by atoms with Crippen molar-refractivity contribution in [2.75, 3.05) is 16.7 Å². The minimum Gasteiger partial charge on any atom is -0.454 e. The molecule has 3 aromatic rings. The molecule has 0 bridgehead atoms. The van der Waals surface area contributed by atoms with Gasteiger partial charge in [0.1, 0.15) is 5.75 Å². The lowest BCUT2D eigenvalue weighted by molar-refractivity contribution is 0.102. The highest BCUT2D eigenvalue weighted by Gasteiger charge is 2.27. The summed E-state index contributed by atoms with van der Waals surface area (Å²) in [5.41, 5.74) is 3.10. The summed E-state index contributed by atoms with van der Waals surface area (Å²) in [6.45, 7) is 3.77. The second-order valence-electron chi connectivity index (χ2n) is 6.97. The summed E-state index contributed by atoms with van der Waals surface area (Å²) in [4.78, 5) is 12.7. The van der Waals surface area contributed by atoms with E-state index in [4.69, 9.17) is 4.74 Å². The lowest BCUT2D eigenvalue weighted by atomic mass is 10.2. The van der Waals surface area contributed by atoms with Crippen LogP contribution in [0.25, 0.3) is 0 Å². The maximum Gasteiger partial charge on any atom is 0.264 e. The Morgan fingerprint density at radius 1 is 0.931 bits per heavy atom. The molecule has 1 heterocycles. The van der Waals surface area contributed by atoms with Gasteiger partial charge in [-0.05, 0) is 61.4 Å². The number of carbonyl (C=O) groups excluding carboxylic acids is 1. The third-order valence-corrected chi connectivity index (χ3v) is 6.68. The van der Waals surface area contributed by atoms with Gasteiger partial charge in [-0.1, -0.05) is 24.3 Å². The maximum atomic E-state index is 13.2. The molecular weight excluding hydrogens is 388 g/mol. The van der Waals surface area contributed by atoms with Crippen molar-refractivity contribution in [3.05, 3.63) is 77.4 Å². The molecule has 148 valence electrons. The molecule has 0 fully saturated rings. The Hall–Kier alpha value is -3.32. The van der Waals surface area contributed by atoms with Crippen LogP contribution in [0, 0.1) is 13.8 Å².